The van der Waals surface area contributed by atoms with Crippen LogP contribution in [-0.4, -0.2) is 41.2 Å². The van der Waals surface area contributed by atoms with Gasteiger partial charge in [0.15, 0.2) is 0 Å². The molecule has 150 valence electrons. The summed E-state index contributed by atoms with van der Waals surface area (Å²) in [6.45, 7) is 1.43. The van der Waals surface area contributed by atoms with E-state index in [-0.39, 0.29) is 6.03 Å². The number of aromatic nitrogens is 2. The van der Waals surface area contributed by atoms with Crippen molar-refractivity contribution < 1.29 is 9.53 Å². The van der Waals surface area contributed by atoms with E-state index in [4.69, 9.17) is 4.74 Å². The molecule has 2 heterocycles. The highest BCUT2D eigenvalue weighted by molar-refractivity contribution is 7.98. The third-order valence-corrected chi connectivity index (χ3v) is 5.17. The Balaban J connectivity index is 1.62. The van der Waals surface area contributed by atoms with E-state index in [2.05, 4.69) is 15.3 Å². The molecule has 0 spiro atoms. The number of carbonyl (C=O) groups excluding carboxylic acids is 1. The van der Waals surface area contributed by atoms with Crippen molar-refractivity contribution in [3.05, 3.63) is 84.3 Å². The minimum absolute atomic E-state index is 0.166. The Morgan fingerprint density at radius 1 is 1.10 bits per heavy atom. The predicted molar refractivity (Wildman–Crippen MR) is 116 cm³/mol. The third-order valence-electron chi connectivity index (χ3n) is 4.15. The van der Waals surface area contributed by atoms with E-state index in [1.165, 1.54) is 0 Å². The predicted octanol–water partition coefficient (Wildman–Crippen LogP) is 4.45. The van der Waals surface area contributed by atoms with Crippen LogP contribution in [0.3, 0.4) is 0 Å². The van der Waals surface area contributed by atoms with Gasteiger partial charge in [0, 0.05) is 50.2 Å². The van der Waals surface area contributed by atoms with Crippen molar-refractivity contribution in [3.8, 4) is 0 Å². The first-order chi connectivity index (χ1) is 14.2. The van der Waals surface area contributed by atoms with Gasteiger partial charge in [0.25, 0.3) is 0 Å². The molecule has 3 aromatic rings. The van der Waals surface area contributed by atoms with Crippen LogP contribution in [0.25, 0.3) is 0 Å². The van der Waals surface area contributed by atoms with Crippen LogP contribution in [0.1, 0.15) is 11.1 Å². The molecule has 0 fully saturated rings. The molecule has 0 aliphatic heterocycles. The molecule has 0 aliphatic carbocycles. The van der Waals surface area contributed by atoms with Crippen molar-refractivity contribution in [2.24, 2.45) is 0 Å². The number of rotatable bonds is 9. The maximum Gasteiger partial charge on any atom is 0.322 e. The van der Waals surface area contributed by atoms with Crippen molar-refractivity contribution in [1.29, 1.82) is 0 Å². The molecular formula is C22H24N4O2S. The lowest BCUT2D eigenvalue weighted by Crippen LogP contribution is -2.36. The quantitative estimate of drug-likeness (QED) is 0.530. The highest BCUT2D eigenvalue weighted by Gasteiger charge is 2.14. The summed E-state index contributed by atoms with van der Waals surface area (Å²) in [7, 11) is 1.63. The topological polar surface area (TPSA) is 67.3 Å². The Kier molecular flexibility index (Phi) is 8.03. The zero-order chi connectivity index (χ0) is 20.3. The number of methoxy groups -OCH3 is 1. The van der Waals surface area contributed by atoms with Gasteiger partial charge in [-0.05, 0) is 41.5 Å². The first-order valence-electron chi connectivity index (χ1n) is 9.31. The summed E-state index contributed by atoms with van der Waals surface area (Å²) in [5.74, 6) is 0.782. The van der Waals surface area contributed by atoms with E-state index < -0.39 is 0 Å². The maximum atomic E-state index is 12.8. The van der Waals surface area contributed by atoms with E-state index >= 15 is 0 Å². The number of nitrogens with zero attached hydrogens (tertiary/aromatic N) is 3. The Morgan fingerprint density at radius 2 is 2.00 bits per heavy atom. The summed E-state index contributed by atoms with van der Waals surface area (Å²) >= 11 is 1.66. The lowest BCUT2D eigenvalue weighted by molar-refractivity contribution is 0.153. The molecule has 0 saturated heterocycles. The number of thioether (sulfide) groups is 1. The molecule has 1 aromatic carbocycles. The van der Waals surface area contributed by atoms with Gasteiger partial charge in [0.05, 0.1) is 11.6 Å². The second-order valence-electron chi connectivity index (χ2n) is 6.36. The third kappa shape index (κ3) is 6.89. The number of carbonyl (C=O) groups is 1. The number of urea groups is 1. The van der Waals surface area contributed by atoms with E-state index in [1.807, 2.05) is 54.6 Å². The van der Waals surface area contributed by atoms with Gasteiger partial charge in [-0.15, -0.1) is 11.8 Å². The normalized spacial score (nSPS) is 10.5. The van der Waals surface area contributed by atoms with Crippen LogP contribution in [0.2, 0.25) is 0 Å². The van der Waals surface area contributed by atoms with Gasteiger partial charge in [-0.2, -0.15) is 0 Å². The number of anilines is 1. The number of hydrogen-bond donors (Lipinski definition) is 1. The van der Waals surface area contributed by atoms with Gasteiger partial charge < -0.3 is 15.0 Å². The number of benzene rings is 1. The number of nitrogens with one attached hydrogen (secondary N) is 1. The SMILES string of the molecule is COCCN(Cc1cccnc1)C(=O)Nc1cccc(CSc2ccccn2)c1. The summed E-state index contributed by atoms with van der Waals surface area (Å²) in [5.41, 5.74) is 2.86. The molecule has 2 aromatic heterocycles. The summed E-state index contributed by atoms with van der Waals surface area (Å²) in [5, 5.41) is 3.97. The van der Waals surface area contributed by atoms with Crippen LogP contribution in [0, 0.1) is 0 Å². The molecule has 0 aliphatic rings. The summed E-state index contributed by atoms with van der Waals surface area (Å²) in [6, 6.07) is 17.4. The first kappa shape index (κ1) is 20.8. The van der Waals surface area contributed by atoms with Gasteiger partial charge in [0.2, 0.25) is 0 Å². The minimum atomic E-state index is -0.166. The van der Waals surface area contributed by atoms with Crippen LogP contribution in [0.5, 0.6) is 0 Å². The molecule has 0 radical (unpaired) electrons. The van der Waals surface area contributed by atoms with Gasteiger partial charge in [-0.25, -0.2) is 9.78 Å². The van der Waals surface area contributed by atoms with Crippen molar-refractivity contribution in [2.75, 3.05) is 25.6 Å². The van der Waals surface area contributed by atoms with Crippen molar-refractivity contribution in [3.63, 3.8) is 0 Å². The summed E-state index contributed by atoms with van der Waals surface area (Å²) in [6.07, 6.45) is 5.27. The second kappa shape index (κ2) is 11.2. The molecule has 0 bridgehead atoms. The highest BCUT2D eigenvalue weighted by atomic mass is 32.2. The number of amides is 2. The summed E-state index contributed by atoms with van der Waals surface area (Å²) in [4.78, 5) is 23.0. The molecule has 3 rings (SSSR count). The Labute approximate surface area is 175 Å². The second-order valence-corrected chi connectivity index (χ2v) is 7.36. The van der Waals surface area contributed by atoms with E-state index in [9.17, 15) is 4.79 Å². The molecule has 0 saturated carbocycles. The molecule has 0 unspecified atom stereocenters. The van der Waals surface area contributed by atoms with Gasteiger partial charge >= 0.3 is 6.03 Å². The molecular weight excluding hydrogens is 384 g/mol. The summed E-state index contributed by atoms with van der Waals surface area (Å²) < 4.78 is 5.16. The molecule has 0 atom stereocenters. The lowest BCUT2D eigenvalue weighted by Gasteiger charge is -2.23. The molecule has 29 heavy (non-hydrogen) atoms. The first-order valence-corrected chi connectivity index (χ1v) is 10.3. The molecule has 7 heteroatoms. The fraction of sp³-hybridized carbons (Fsp3) is 0.227. The molecule has 6 nitrogen and oxygen atoms in total. The number of hydrogen-bond acceptors (Lipinski definition) is 5. The van der Waals surface area contributed by atoms with Crippen LogP contribution in [0.4, 0.5) is 10.5 Å². The van der Waals surface area contributed by atoms with Gasteiger partial charge in [-0.1, -0.05) is 24.3 Å². The average molecular weight is 409 g/mol. The zero-order valence-corrected chi connectivity index (χ0v) is 17.1. The number of pyridine rings is 2. The van der Waals surface area contributed by atoms with Crippen LogP contribution in [0.15, 0.2) is 78.2 Å². The largest absolute Gasteiger partial charge is 0.383 e. The van der Waals surface area contributed by atoms with Crippen molar-refractivity contribution in [2.45, 2.75) is 17.3 Å². The van der Waals surface area contributed by atoms with Crippen molar-refractivity contribution in [1.82, 2.24) is 14.9 Å². The van der Waals surface area contributed by atoms with E-state index in [1.54, 1.807) is 42.4 Å². The smallest absolute Gasteiger partial charge is 0.322 e. The van der Waals surface area contributed by atoms with E-state index in [0.717, 1.165) is 27.6 Å². The fourth-order valence-electron chi connectivity index (χ4n) is 2.70. The van der Waals surface area contributed by atoms with Crippen LogP contribution >= 0.6 is 11.8 Å². The monoisotopic (exact) mass is 408 g/mol. The van der Waals surface area contributed by atoms with Crippen molar-refractivity contribution >= 4 is 23.5 Å². The molecule has 1 N–H and O–H groups in total. The standard InChI is InChI=1S/C22H24N4O2S/c1-28-13-12-26(16-19-7-5-10-23-15-19)22(27)25-20-8-4-6-18(14-20)17-29-21-9-2-3-11-24-21/h2-11,14-15H,12-13,16-17H2,1H3,(H,25,27). The Morgan fingerprint density at radius 3 is 2.76 bits per heavy atom. The Bertz CT molecular complexity index is 894. The van der Waals surface area contributed by atoms with Crippen LogP contribution in [-0.2, 0) is 17.0 Å². The zero-order valence-electron chi connectivity index (χ0n) is 16.3. The van der Waals surface area contributed by atoms with E-state index in [0.29, 0.717) is 19.7 Å². The average Bonchev–Trinajstić information content (AvgIpc) is 2.77. The van der Waals surface area contributed by atoms with Gasteiger partial charge in [-0.3, -0.25) is 4.98 Å². The maximum absolute atomic E-state index is 12.8. The van der Waals surface area contributed by atoms with Crippen LogP contribution < -0.4 is 5.32 Å². The Hall–Kier alpha value is -2.90. The minimum Gasteiger partial charge on any atom is -0.383 e. The number of ether oxygens (including phenoxy) is 1. The highest BCUT2D eigenvalue weighted by Crippen LogP contribution is 2.22. The molecule has 2 amide bonds. The fourth-order valence-corrected chi connectivity index (χ4v) is 3.50. The van der Waals surface area contributed by atoms with Gasteiger partial charge in [0.1, 0.15) is 0 Å². The lowest BCUT2D eigenvalue weighted by atomic mass is 10.2.